The van der Waals surface area contributed by atoms with Crippen LogP contribution >= 0.6 is 11.6 Å². The molecule has 6 aromatic carbocycles. The van der Waals surface area contributed by atoms with E-state index in [9.17, 15) is 0 Å². The van der Waals surface area contributed by atoms with Crippen LogP contribution in [0.3, 0.4) is 0 Å². The molecule has 0 bridgehead atoms. The summed E-state index contributed by atoms with van der Waals surface area (Å²) in [5.74, 6) is 1.09. The molecule has 0 aliphatic carbocycles. The summed E-state index contributed by atoms with van der Waals surface area (Å²) in [5.41, 5.74) is 6.30. The summed E-state index contributed by atoms with van der Waals surface area (Å²) in [6.07, 6.45) is 0. The van der Waals surface area contributed by atoms with Gasteiger partial charge in [0.1, 0.15) is 0 Å². The van der Waals surface area contributed by atoms with Gasteiger partial charge in [0.15, 0.2) is 11.6 Å². The molecule has 1 heterocycles. The van der Waals surface area contributed by atoms with Gasteiger partial charge >= 0.3 is 0 Å². The van der Waals surface area contributed by atoms with E-state index in [0.29, 0.717) is 11.6 Å². The molecular formula is C35H22ClN3. The molecular weight excluding hydrogens is 498 g/mol. The molecule has 4 heteroatoms. The molecule has 184 valence electrons. The monoisotopic (exact) mass is 519 g/mol. The van der Waals surface area contributed by atoms with Gasteiger partial charge in [-0.3, -0.25) is 0 Å². The van der Waals surface area contributed by atoms with Crippen LogP contribution in [0, 0.1) is 0 Å². The predicted molar refractivity (Wildman–Crippen MR) is 162 cm³/mol. The lowest BCUT2D eigenvalue weighted by Crippen LogP contribution is -1.98. The van der Waals surface area contributed by atoms with E-state index in [1.807, 2.05) is 24.3 Å². The molecule has 0 N–H and O–H groups in total. The zero-order chi connectivity index (χ0) is 26.2. The molecule has 3 nitrogen and oxygen atoms in total. The Balaban J connectivity index is 1.36. The molecule has 0 unspecified atom stereocenters. The number of aromatic nitrogens is 3. The topological polar surface area (TPSA) is 38.7 Å². The third-order valence-corrected chi connectivity index (χ3v) is 7.20. The van der Waals surface area contributed by atoms with Crippen LogP contribution in [0.5, 0.6) is 0 Å². The summed E-state index contributed by atoms with van der Waals surface area (Å²) < 4.78 is 0. The lowest BCUT2D eigenvalue weighted by atomic mass is 9.95. The normalized spacial score (nSPS) is 11.2. The van der Waals surface area contributed by atoms with Crippen molar-refractivity contribution in [2.75, 3.05) is 0 Å². The fourth-order valence-electron chi connectivity index (χ4n) is 5.21. The van der Waals surface area contributed by atoms with Crippen molar-refractivity contribution in [3.05, 3.63) is 139 Å². The first-order valence-electron chi connectivity index (χ1n) is 12.8. The lowest BCUT2D eigenvalue weighted by molar-refractivity contribution is 1.07. The second-order valence-corrected chi connectivity index (χ2v) is 9.81. The first-order valence-corrected chi connectivity index (χ1v) is 13.2. The molecule has 0 aliphatic heterocycles. The van der Waals surface area contributed by atoms with E-state index in [-0.39, 0.29) is 5.28 Å². The fourth-order valence-corrected chi connectivity index (χ4v) is 5.37. The third kappa shape index (κ3) is 4.43. The van der Waals surface area contributed by atoms with E-state index in [0.717, 1.165) is 38.8 Å². The minimum Gasteiger partial charge on any atom is -0.208 e. The van der Waals surface area contributed by atoms with Gasteiger partial charge in [-0.1, -0.05) is 115 Å². The highest BCUT2D eigenvalue weighted by Crippen LogP contribution is 2.35. The van der Waals surface area contributed by atoms with Gasteiger partial charge in [-0.2, -0.15) is 9.97 Å². The average molecular weight is 520 g/mol. The fraction of sp³-hybridized carbons (Fsp3) is 0. The number of nitrogens with zero attached hydrogens (tertiary/aromatic N) is 3. The highest BCUT2D eigenvalue weighted by molar-refractivity contribution is 6.28. The van der Waals surface area contributed by atoms with Crippen molar-refractivity contribution >= 4 is 33.1 Å². The van der Waals surface area contributed by atoms with Crippen LogP contribution in [-0.4, -0.2) is 15.0 Å². The van der Waals surface area contributed by atoms with E-state index in [1.54, 1.807) is 0 Å². The van der Waals surface area contributed by atoms with Crippen LogP contribution in [0.1, 0.15) is 0 Å². The smallest absolute Gasteiger partial charge is 0.208 e. The van der Waals surface area contributed by atoms with E-state index < -0.39 is 0 Å². The molecule has 1 aromatic heterocycles. The van der Waals surface area contributed by atoms with Crippen molar-refractivity contribution in [1.29, 1.82) is 0 Å². The average Bonchev–Trinajstić information content (AvgIpc) is 3.00. The van der Waals surface area contributed by atoms with E-state index >= 15 is 0 Å². The molecule has 7 rings (SSSR count). The van der Waals surface area contributed by atoms with Gasteiger partial charge < -0.3 is 0 Å². The van der Waals surface area contributed by atoms with Crippen LogP contribution < -0.4 is 0 Å². The zero-order valence-electron chi connectivity index (χ0n) is 20.9. The van der Waals surface area contributed by atoms with Crippen molar-refractivity contribution in [2.24, 2.45) is 0 Å². The van der Waals surface area contributed by atoms with Crippen LogP contribution in [0.4, 0.5) is 0 Å². The summed E-state index contributed by atoms with van der Waals surface area (Å²) in [4.78, 5) is 14.0. The molecule has 0 spiro atoms. The molecule has 0 amide bonds. The minimum atomic E-state index is 0.167. The number of rotatable bonds is 4. The minimum absolute atomic E-state index is 0.167. The van der Waals surface area contributed by atoms with Gasteiger partial charge in [0.2, 0.25) is 5.28 Å². The van der Waals surface area contributed by atoms with Crippen LogP contribution in [0.2, 0.25) is 5.28 Å². The molecule has 0 fully saturated rings. The summed E-state index contributed by atoms with van der Waals surface area (Å²) >= 11 is 6.50. The van der Waals surface area contributed by atoms with E-state index in [4.69, 9.17) is 16.6 Å². The maximum atomic E-state index is 6.50. The molecule has 0 aliphatic rings. The standard InChI is InChI=1S/C35H22ClN3/c36-35-38-33(27-16-8-15-26(20-27)30-19-9-14-23-12-4-6-17-29(23)30)37-34(39-35)28-21-25-13-5-7-18-31(25)32(22-28)24-10-2-1-3-11-24/h1-22H. The first kappa shape index (κ1) is 23.3. The second kappa shape index (κ2) is 9.79. The molecule has 7 aromatic rings. The summed E-state index contributed by atoms with van der Waals surface area (Å²) in [5, 5.41) is 4.87. The van der Waals surface area contributed by atoms with Crippen molar-refractivity contribution in [2.45, 2.75) is 0 Å². The Kier molecular flexibility index (Phi) is 5.84. The third-order valence-electron chi connectivity index (χ3n) is 7.03. The quantitative estimate of drug-likeness (QED) is 0.232. The van der Waals surface area contributed by atoms with Gasteiger partial charge in [-0.05, 0) is 73.6 Å². The van der Waals surface area contributed by atoms with Gasteiger partial charge in [0.05, 0.1) is 0 Å². The first-order chi connectivity index (χ1) is 19.2. The van der Waals surface area contributed by atoms with E-state index in [1.165, 1.54) is 16.2 Å². The van der Waals surface area contributed by atoms with Crippen molar-refractivity contribution in [3.8, 4) is 45.0 Å². The number of fused-ring (bicyclic) bond motifs is 2. The largest absolute Gasteiger partial charge is 0.226 e. The Bertz CT molecular complexity index is 1980. The molecule has 0 radical (unpaired) electrons. The Labute approximate surface area is 231 Å². The van der Waals surface area contributed by atoms with Crippen LogP contribution in [-0.2, 0) is 0 Å². The molecule has 0 saturated carbocycles. The Morgan fingerprint density at radius 2 is 0.974 bits per heavy atom. The van der Waals surface area contributed by atoms with Gasteiger partial charge in [0, 0.05) is 11.1 Å². The van der Waals surface area contributed by atoms with Gasteiger partial charge in [0.25, 0.3) is 0 Å². The maximum Gasteiger partial charge on any atom is 0.226 e. The molecule has 0 atom stereocenters. The maximum absolute atomic E-state index is 6.50. The Hall–Kier alpha value is -4.86. The highest BCUT2D eigenvalue weighted by atomic mass is 35.5. The van der Waals surface area contributed by atoms with Crippen molar-refractivity contribution in [1.82, 2.24) is 15.0 Å². The van der Waals surface area contributed by atoms with Gasteiger partial charge in [-0.25, -0.2) is 4.98 Å². The van der Waals surface area contributed by atoms with E-state index in [2.05, 4.69) is 119 Å². The molecule has 0 saturated heterocycles. The number of hydrogen-bond donors (Lipinski definition) is 0. The molecule has 39 heavy (non-hydrogen) atoms. The SMILES string of the molecule is Clc1nc(-c2cccc(-c3cccc4ccccc34)c2)nc(-c2cc(-c3ccccc3)c3ccccc3c2)n1. The van der Waals surface area contributed by atoms with Crippen molar-refractivity contribution in [3.63, 3.8) is 0 Å². The second-order valence-electron chi connectivity index (χ2n) is 9.47. The number of halogens is 1. The number of benzene rings is 6. The van der Waals surface area contributed by atoms with Crippen molar-refractivity contribution < 1.29 is 0 Å². The Morgan fingerprint density at radius 1 is 0.385 bits per heavy atom. The predicted octanol–water partition coefficient (Wildman–Crippen LogP) is 9.50. The zero-order valence-corrected chi connectivity index (χ0v) is 21.7. The summed E-state index contributed by atoms with van der Waals surface area (Å²) in [7, 11) is 0. The van der Waals surface area contributed by atoms with Crippen LogP contribution in [0.25, 0.3) is 66.6 Å². The number of hydrogen-bond acceptors (Lipinski definition) is 3. The Morgan fingerprint density at radius 3 is 1.79 bits per heavy atom. The summed E-state index contributed by atoms with van der Waals surface area (Å²) in [6, 6.07) is 46.1. The van der Waals surface area contributed by atoms with Gasteiger partial charge in [-0.15, -0.1) is 0 Å². The lowest BCUT2D eigenvalue weighted by Gasteiger charge is -2.12. The van der Waals surface area contributed by atoms with Crippen LogP contribution in [0.15, 0.2) is 133 Å². The summed E-state index contributed by atoms with van der Waals surface area (Å²) in [6.45, 7) is 0. The highest BCUT2D eigenvalue weighted by Gasteiger charge is 2.14.